The average Bonchev–Trinajstić information content (AvgIpc) is 2.50. The van der Waals surface area contributed by atoms with Crippen LogP contribution in [0.3, 0.4) is 0 Å². The van der Waals surface area contributed by atoms with E-state index in [4.69, 9.17) is 5.73 Å². The number of hydrogen-bond acceptors (Lipinski definition) is 3. The Morgan fingerprint density at radius 2 is 2.33 bits per heavy atom. The van der Waals surface area contributed by atoms with Gasteiger partial charge in [-0.05, 0) is 33.2 Å². The van der Waals surface area contributed by atoms with Crippen LogP contribution in [0, 0.1) is 13.8 Å². The van der Waals surface area contributed by atoms with Crippen molar-refractivity contribution in [1.82, 2.24) is 15.1 Å². The zero-order valence-corrected chi connectivity index (χ0v) is 9.58. The summed E-state index contributed by atoms with van der Waals surface area (Å²) in [4.78, 5) is 2.43. The van der Waals surface area contributed by atoms with E-state index >= 15 is 0 Å². The molecule has 0 aromatic carbocycles. The van der Waals surface area contributed by atoms with Crippen molar-refractivity contribution in [3.05, 3.63) is 17.0 Å². The molecule has 1 aliphatic rings. The Labute approximate surface area is 90.8 Å². The van der Waals surface area contributed by atoms with Crippen LogP contribution in [0.5, 0.6) is 0 Å². The lowest BCUT2D eigenvalue weighted by molar-refractivity contribution is 0.201. The van der Waals surface area contributed by atoms with E-state index in [1.165, 1.54) is 24.1 Å². The summed E-state index contributed by atoms with van der Waals surface area (Å²) in [7, 11) is 0. The molecule has 1 fully saturated rings. The first kappa shape index (κ1) is 10.6. The second-order valence-corrected chi connectivity index (χ2v) is 4.55. The number of H-pyrrole nitrogens is 1. The third-order valence-electron chi connectivity index (χ3n) is 3.20. The lowest BCUT2D eigenvalue weighted by Crippen LogP contribution is -2.42. The lowest BCUT2D eigenvalue weighted by Gasteiger charge is -2.30. The van der Waals surface area contributed by atoms with Crippen molar-refractivity contribution in [3.8, 4) is 0 Å². The summed E-state index contributed by atoms with van der Waals surface area (Å²) in [6, 6.07) is 0.353. The molecule has 15 heavy (non-hydrogen) atoms. The van der Waals surface area contributed by atoms with Crippen molar-refractivity contribution in [2.75, 3.05) is 13.1 Å². The largest absolute Gasteiger partial charge is 0.327 e. The quantitative estimate of drug-likeness (QED) is 0.760. The van der Waals surface area contributed by atoms with Crippen molar-refractivity contribution in [2.45, 2.75) is 39.3 Å². The number of rotatable bonds is 2. The summed E-state index contributed by atoms with van der Waals surface area (Å²) in [5.74, 6) is 0. The topological polar surface area (TPSA) is 57.9 Å². The van der Waals surface area contributed by atoms with Gasteiger partial charge in [0.1, 0.15) is 0 Å². The smallest absolute Gasteiger partial charge is 0.0639 e. The predicted octanol–water partition coefficient (Wildman–Crippen LogP) is 0.950. The van der Waals surface area contributed by atoms with Crippen molar-refractivity contribution in [1.29, 1.82) is 0 Å². The third kappa shape index (κ3) is 2.38. The van der Waals surface area contributed by atoms with Gasteiger partial charge < -0.3 is 5.73 Å². The molecule has 3 N–H and O–H groups in total. The Bertz CT molecular complexity index is 312. The van der Waals surface area contributed by atoms with Gasteiger partial charge in [0, 0.05) is 30.4 Å². The highest BCUT2D eigenvalue weighted by atomic mass is 15.2. The van der Waals surface area contributed by atoms with Crippen LogP contribution in [-0.2, 0) is 6.54 Å². The van der Waals surface area contributed by atoms with Gasteiger partial charge in [0.2, 0.25) is 0 Å². The van der Waals surface area contributed by atoms with E-state index in [1.54, 1.807) is 0 Å². The first-order chi connectivity index (χ1) is 7.16. The Morgan fingerprint density at radius 1 is 1.53 bits per heavy atom. The van der Waals surface area contributed by atoms with Crippen LogP contribution >= 0.6 is 0 Å². The van der Waals surface area contributed by atoms with Crippen LogP contribution in [0.1, 0.15) is 29.8 Å². The molecule has 0 radical (unpaired) electrons. The number of aromatic amines is 1. The van der Waals surface area contributed by atoms with E-state index in [0.29, 0.717) is 6.04 Å². The highest BCUT2D eigenvalue weighted by molar-refractivity contribution is 5.22. The van der Waals surface area contributed by atoms with E-state index in [1.807, 2.05) is 0 Å². The fourth-order valence-corrected chi connectivity index (χ4v) is 2.27. The molecule has 1 atom stereocenters. The monoisotopic (exact) mass is 208 g/mol. The third-order valence-corrected chi connectivity index (χ3v) is 3.20. The molecule has 0 bridgehead atoms. The second-order valence-electron chi connectivity index (χ2n) is 4.55. The molecule has 0 spiro atoms. The molecule has 1 aliphatic heterocycles. The molecule has 1 aromatic rings. The fraction of sp³-hybridized carbons (Fsp3) is 0.727. The molecule has 1 saturated heterocycles. The highest BCUT2D eigenvalue weighted by Gasteiger charge is 2.18. The predicted molar refractivity (Wildman–Crippen MR) is 60.5 cm³/mol. The zero-order chi connectivity index (χ0) is 10.8. The summed E-state index contributed by atoms with van der Waals surface area (Å²) in [6.45, 7) is 7.31. The molecular weight excluding hydrogens is 188 g/mol. The SMILES string of the molecule is Cc1n[nH]c(C)c1CN1CCC[C@@H](N)C1. The fourth-order valence-electron chi connectivity index (χ4n) is 2.27. The number of hydrogen-bond donors (Lipinski definition) is 2. The number of aryl methyl sites for hydroxylation is 2. The average molecular weight is 208 g/mol. The van der Waals surface area contributed by atoms with Gasteiger partial charge >= 0.3 is 0 Å². The number of piperidine rings is 1. The first-order valence-corrected chi connectivity index (χ1v) is 5.65. The van der Waals surface area contributed by atoms with Crippen LogP contribution in [0.25, 0.3) is 0 Å². The van der Waals surface area contributed by atoms with Gasteiger partial charge in [-0.25, -0.2) is 0 Å². The van der Waals surface area contributed by atoms with Crippen molar-refractivity contribution < 1.29 is 0 Å². The summed E-state index contributed by atoms with van der Waals surface area (Å²) < 4.78 is 0. The molecule has 1 aromatic heterocycles. The Hall–Kier alpha value is -0.870. The van der Waals surface area contributed by atoms with Crippen LogP contribution in [-0.4, -0.2) is 34.2 Å². The molecule has 2 heterocycles. The molecule has 2 rings (SSSR count). The maximum atomic E-state index is 5.97. The minimum Gasteiger partial charge on any atom is -0.327 e. The maximum Gasteiger partial charge on any atom is 0.0639 e. The number of nitrogens with zero attached hydrogens (tertiary/aromatic N) is 2. The molecular formula is C11H20N4. The van der Waals surface area contributed by atoms with Gasteiger partial charge in [0.15, 0.2) is 0 Å². The minimum atomic E-state index is 0.353. The molecule has 0 saturated carbocycles. The Balaban J connectivity index is 2.02. The number of aromatic nitrogens is 2. The van der Waals surface area contributed by atoms with E-state index in [9.17, 15) is 0 Å². The van der Waals surface area contributed by atoms with Crippen LogP contribution in [0.4, 0.5) is 0 Å². The number of nitrogens with one attached hydrogen (secondary N) is 1. The number of likely N-dealkylation sites (tertiary alicyclic amines) is 1. The van der Waals surface area contributed by atoms with Crippen LogP contribution in [0.15, 0.2) is 0 Å². The first-order valence-electron chi connectivity index (χ1n) is 5.65. The van der Waals surface area contributed by atoms with Crippen LogP contribution < -0.4 is 5.73 Å². The second kappa shape index (κ2) is 4.33. The zero-order valence-electron chi connectivity index (χ0n) is 9.58. The minimum absolute atomic E-state index is 0.353. The van der Waals surface area contributed by atoms with E-state index in [2.05, 4.69) is 28.9 Å². The van der Waals surface area contributed by atoms with E-state index in [-0.39, 0.29) is 0 Å². The molecule has 0 unspecified atom stereocenters. The van der Waals surface area contributed by atoms with Crippen molar-refractivity contribution in [3.63, 3.8) is 0 Å². The Kier molecular flexibility index (Phi) is 3.07. The maximum absolute atomic E-state index is 5.97. The number of nitrogens with two attached hydrogens (primary N) is 1. The van der Waals surface area contributed by atoms with Gasteiger partial charge in [0.25, 0.3) is 0 Å². The van der Waals surface area contributed by atoms with Gasteiger partial charge in [-0.2, -0.15) is 5.10 Å². The van der Waals surface area contributed by atoms with E-state index < -0.39 is 0 Å². The molecule has 4 heteroatoms. The standard InChI is InChI=1S/C11H20N4/c1-8-11(9(2)14-13-8)7-15-5-3-4-10(12)6-15/h10H,3-7,12H2,1-2H3,(H,13,14)/t10-/m1/s1. The van der Waals surface area contributed by atoms with E-state index in [0.717, 1.165) is 25.3 Å². The van der Waals surface area contributed by atoms with Crippen molar-refractivity contribution >= 4 is 0 Å². The molecule has 0 aliphatic carbocycles. The summed E-state index contributed by atoms with van der Waals surface area (Å²) in [5.41, 5.74) is 9.61. The summed E-state index contributed by atoms with van der Waals surface area (Å²) in [5, 5.41) is 7.25. The van der Waals surface area contributed by atoms with Crippen LogP contribution in [0.2, 0.25) is 0 Å². The summed E-state index contributed by atoms with van der Waals surface area (Å²) in [6.07, 6.45) is 2.39. The normalized spacial score (nSPS) is 23.3. The van der Waals surface area contributed by atoms with Gasteiger partial charge in [-0.15, -0.1) is 0 Å². The Morgan fingerprint density at radius 3 is 2.93 bits per heavy atom. The lowest BCUT2D eigenvalue weighted by atomic mass is 10.1. The summed E-state index contributed by atoms with van der Waals surface area (Å²) >= 11 is 0. The van der Waals surface area contributed by atoms with Gasteiger partial charge in [-0.3, -0.25) is 10.00 Å². The van der Waals surface area contributed by atoms with Gasteiger partial charge in [-0.1, -0.05) is 0 Å². The van der Waals surface area contributed by atoms with Gasteiger partial charge in [0.05, 0.1) is 5.69 Å². The van der Waals surface area contributed by atoms with Crippen molar-refractivity contribution in [2.24, 2.45) is 5.73 Å². The molecule has 84 valence electrons. The highest BCUT2D eigenvalue weighted by Crippen LogP contribution is 2.16. The molecule has 0 amide bonds. The molecule has 4 nitrogen and oxygen atoms in total.